The molecule has 0 spiro atoms. The molecule has 1 aromatic rings. The van der Waals surface area contributed by atoms with Crippen LogP contribution in [0.2, 0.25) is 5.28 Å². The second kappa shape index (κ2) is 6.00. The lowest BCUT2D eigenvalue weighted by atomic mass is 10.1. The fourth-order valence-corrected chi connectivity index (χ4v) is 3.19. The van der Waals surface area contributed by atoms with Crippen molar-refractivity contribution < 1.29 is 22.7 Å². The van der Waals surface area contributed by atoms with E-state index in [1.807, 2.05) is 0 Å². The summed E-state index contributed by atoms with van der Waals surface area (Å²) in [7, 11) is 1.31. The SMILES string of the molecule is COC(=O)CC1(CSc2cc(C(F)(F)F)nc(Cl)n2)CC1. The summed E-state index contributed by atoms with van der Waals surface area (Å²) in [5, 5.41) is -0.288. The van der Waals surface area contributed by atoms with E-state index >= 15 is 0 Å². The first kappa shape index (κ1) is 16.4. The van der Waals surface area contributed by atoms with Crippen LogP contribution in [-0.2, 0) is 15.7 Å². The maximum atomic E-state index is 12.6. The minimum absolute atomic E-state index is 0.151. The highest BCUT2D eigenvalue weighted by Crippen LogP contribution is 2.52. The van der Waals surface area contributed by atoms with E-state index in [1.54, 1.807) is 0 Å². The van der Waals surface area contributed by atoms with Gasteiger partial charge >= 0.3 is 12.1 Å². The molecule has 1 saturated carbocycles. The second-order valence-corrected chi connectivity index (χ2v) is 6.23. The van der Waals surface area contributed by atoms with Crippen LogP contribution < -0.4 is 0 Å². The Morgan fingerprint density at radius 1 is 1.48 bits per heavy atom. The number of thioether (sulfide) groups is 1. The molecule has 1 aliphatic rings. The zero-order valence-electron chi connectivity index (χ0n) is 11.0. The van der Waals surface area contributed by atoms with Crippen LogP contribution in [0.15, 0.2) is 11.1 Å². The Kier molecular flexibility index (Phi) is 4.67. The largest absolute Gasteiger partial charge is 0.469 e. The molecule has 1 aliphatic carbocycles. The number of hydrogen-bond acceptors (Lipinski definition) is 5. The van der Waals surface area contributed by atoms with Crippen molar-refractivity contribution in [3.63, 3.8) is 0 Å². The minimum atomic E-state index is -4.56. The molecule has 4 nitrogen and oxygen atoms in total. The van der Waals surface area contributed by atoms with E-state index in [-0.39, 0.29) is 22.8 Å². The molecule has 21 heavy (non-hydrogen) atoms. The summed E-state index contributed by atoms with van der Waals surface area (Å²) < 4.78 is 42.5. The average Bonchev–Trinajstić information content (AvgIpc) is 3.15. The van der Waals surface area contributed by atoms with E-state index in [4.69, 9.17) is 11.6 Å². The predicted molar refractivity (Wildman–Crippen MR) is 71.1 cm³/mol. The molecule has 0 atom stereocenters. The molecule has 0 unspecified atom stereocenters. The fourth-order valence-electron chi connectivity index (χ4n) is 1.77. The monoisotopic (exact) mass is 340 g/mol. The van der Waals surface area contributed by atoms with Gasteiger partial charge in [0.2, 0.25) is 5.28 Å². The van der Waals surface area contributed by atoms with Gasteiger partial charge in [-0.15, -0.1) is 11.8 Å². The Labute approximate surface area is 128 Å². The molecular weight excluding hydrogens is 329 g/mol. The van der Waals surface area contributed by atoms with Crippen LogP contribution in [0.5, 0.6) is 0 Å². The number of ether oxygens (including phenoxy) is 1. The van der Waals surface area contributed by atoms with Gasteiger partial charge < -0.3 is 4.74 Å². The van der Waals surface area contributed by atoms with E-state index in [0.29, 0.717) is 5.75 Å². The van der Waals surface area contributed by atoms with Crippen molar-refractivity contribution in [1.82, 2.24) is 9.97 Å². The summed E-state index contributed by atoms with van der Waals surface area (Å²) in [4.78, 5) is 18.2. The highest BCUT2D eigenvalue weighted by molar-refractivity contribution is 7.99. The highest BCUT2D eigenvalue weighted by atomic mass is 35.5. The molecule has 1 heterocycles. The van der Waals surface area contributed by atoms with Crippen molar-refractivity contribution >= 4 is 29.3 Å². The number of aromatic nitrogens is 2. The normalized spacial score (nSPS) is 16.6. The molecular formula is C12H12ClF3N2O2S. The van der Waals surface area contributed by atoms with Gasteiger partial charge in [0.05, 0.1) is 13.5 Å². The lowest BCUT2D eigenvalue weighted by molar-refractivity contribution is -0.142. The predicted octanol–water partition coefficient (Wildman–Crippen LogP) is 3.58. The van der Waals surface area contributed by atoms with Crippen LogP contribution in [0.3, 0.4) is 0 Å². The molecule has 0 radical (unpaired) electrons. The van der Waals surface area contributed by atoms with E-state index in [0.717, 1.165) is 30.7 Å². The van der Waals surface area contributed by atoms with Gasteiger partial charge in [0.25, 0.3) is 0 Å². The van der Waals surface area contributed by atoms with Crippen molar-refractivity contribution in [3.05, 3.63) is 17.0 Å². The third kappa shape index (κ3) is 4.47. The Bertz CT molecular complexity index is 550. The highest BCUT2D eigenvalue weighted by Gasteiger charge is 2.44. The van der Waals surface area contributed by atoms with Gasteiger partial charge in [-0.05, 0) is 29.9 Å². The first-order valence-electron chi connectivity index (χ1n) is 6.05. The molecule has 2 rings (SSSR count). The topological polar surface area (TPSA) is 52.1 Å². The quantitative estimate of drug-likeness (QED) is 0.355. The maximum Gasteiger partial charge on any atom is 0.433 e. The van der Waals surface area contributed by atoms with Gasteiger partial charge in [-0.3, -0.25) is 4.79 Å². The Balaban J connectivity index is 2.04. The number of alkyl halides is 3. The number of hydrogen-bond donors (Lipinski definition) is 0. The number of halogens is 4. The molecule has 1 fully saturated rings. The zero-order valence-corrected chi connectivity index (χ0v) is 12.6. The first-order chi connectivity index (χ1) is 9.74. The molecule has 0 amide bonds. The lowest BCUT2D eigenvalue weighted by Crippen LogP contribution is -2.13. The van der Waals surface area contributed by atoms with Crippen molar-refractivity contribution in [2.75, 3.05) is 12.9 Å². The molecule has 0 aliphatic heterocycles. The first-order valence-corrected chi connectivity index (χ1v) is 7.42. The zero-order chi connectivity index (χ0) is 15.7. The third-order valence-corrected chi connectivity index (χ3v) is 4.63. The van der Waals surface area contributed by atoms with E-state index in [2.05, 4.69) is 14.7 Å². The van der Waals surface area contributed by atoms with Gasteiger partial charge in [-0.2, -0.15) is 13.2 Å². The van der Waals surface area contributed by atoms with Gasteiger partial charge in [0.15, 0.2) is 5.69 Å². The fraction of sp³-hybridized carbons (Fsp3) is 0.583. The molecule has 0 saturated heterocycles. The summed E-state index contributed by atoms with van der Waals surface area (Å²) in [5.74, 6) is 0.178. The van der Waals surface area contributed by atoms with Gasteiger partial charge in [-0.25, -0.2) is 9.97 Å². The molecule has 0 aromatic carbocycles. The van der Waals surface area contributed by atoms with Crippen LogP contribution in [0.1, 0.15) is 25.0 Å². The van der Waals surface area contributed by atoms with Gasteiger partial charge in [0.1, 0.15) is 5.03 Å². The van der Waals surface area contributed by atoms with Crippen LogP contribution in [0.25, 0.3) is 0 Å². The Hall–Kier alpha value is -1.02. The van der Waals surface area contributed by atoms with Gasteiger partial charge in [-0.1, -0.05) is 0 Å². The second-order valence-electron chi connectivity index (χ2n) is 4.90. The Morgan fingerprint density at radius 2 is 2.14 bits per heavy atom. The molecule has 0 N–H and O–H groups in total. The molecule has 116 valence electrons. The van der Waals surface area contributed by atoms with Crippen LogP contribution in [-0.4, -0.2) is 28.8 Å². The summed E-state index contributed by atoms with van der Waals surface area (Å²) in [5.41, 5.74) is -1.27. The van der Waals surface area contributed by atoms with Crippen LogP contribution >= 0.6 is 23.4 Å². The number of carbonyl (C=O) groups is 1. The van der Waals surface area contributed by atoms with Crippen molar-refractivity contribution in [1.29, 1.82) is 0 Å². The van der Waals surface area contributed by atoms with Crippen molar-refractivity contribution in [2.45, 2.75) is 30.5 Å². The lowest BCUT2D eigenvalue weighted by Gasteiger charge is -2.13. The maximum absolute atomic E-state index is 12.6. The number of esters is 1. The number of rotatable bonds is 5. The number of carbonyl (C=O) groups excluding carboxylic acids is 1. The molecule has 9 heteroatoms. The third-order valence-electron chi connectivity index (χ3n) is 3.20. The van der Waals surface area contributed by atoms with Gasteiger partial charge in [0, 0.05) is 11.8 Å². The smallest absolute Gasteiger partial charge is 0.433 e. The summed E-state index contributed by atoms with van der Waals surface area (Å²) in [6.45, 7) is 0. The average molecular weight is 341 g/mol. The number of nitrogens with zero attached hydrogens (tertiary/aromatic N) is 2. The van der Waals surface area contributed by atoms with E-state index in [9.17, 15) is 18.0 Å². The standard InChI is InChI=1S/C12H12ClF3N2O2S/c1-20-9(19)5-11(2-3-11)6-21-8-4-7(12(14,15)16)17-10(13)18-8/h4H,2-3,5-6H2,1H3. The van der Waals surface area contributed by atoms with E-state index < -0.39 is 17.2 Å². The molecule has 0 bridgehead atoms. The number of methoxy groups -OCH3 is 1. The summed E-state index contributed by atoms with van der Waals surface area (Å²) in [6, 6.07) is 0.866. The van der Waals surface area contributed by atoms with Crippen molar-refractivity contribution in [2.24, 2.45) is 5.41 Å². The molecule has 1 aromatic heterocycles. The summed E-state index contributed by atoms with van der Waals surface area (Å²) in [6.07, 6.45) is -2.60. The van der Waals surface area contributed by atoms with Crippen molar-refractivity contribution in [3.8, 4) is 0 Å². The van der Waals surface area contributed by atoms with E-state index in [1.165, 1.54) is 7.11 Å². The Morgan fingerprint density at radius 3 is 2.67 bits per heavy atom. The van der Waals surface area contributed by atoms with Crippen LogP contribution in [0.4, 0.5) is 13.2 Å². The summed E-state index contributed by atoms with van der Waals surface area (Å²) >= 11 is 6.66. The minimum Gasteiger partial charge on any atom is -0.469 e. The van der Waals surface area contributed by atoms with Crippen LogP contribution in [0, 0.1) is 5.41 Å².